The molecular formula is C21H14F2N2O. The van der Waals surface area contributed by atoms with Gasteiger partial charge in [0, 0.05) is 11.1 Å². The first-order valence-electron chi connectivity index (χ1n) is 7.87. The highest BCUT2D eigenvalue weighted by Gasteiger charge is 2.16. The Hall–Kier alpha value is -3.47. The fraction of sp³-hybridized carbons (Fsp3) is 0. The molecule has 0 amide bonds. The molecule has 0 aliphatic rings. The van der Waals surface area contributed by atoms with E-state index in [0.29, 0.717) is 11.1 Å². The number of halogens is 2. The van der Waals surface area contributed by atoms with Crippen molar-refractivity contribution in [3.05, 3.63) is 107 Å². The lowest BCUT2D eigenvalue weighted by atomic mass is 10.0. The van der Waals surface area contributed by atoms with Crippen molar-refractivity contribution in [3.63, 3.8) is 0 Å². The van der Waals surface area contributed by atoms with Gasteiger partial charge in [-0.25, -0.2) is 8.78 Å². The van der Waals surface area contributed by atoms with Gasteiger partial charge in [-0.2, -0.15) is 5.10 Å². The van der Waals surface area contributed by atoms with Crippen molar-refractivity contribution in [2.75, 3.05) is 0 Å². The molecule has 3 aromatic rings. The van der Waals surface area contributed by atoms with Gasteiger partial charge in [0.25, 0.3) is 0 Å². The summed E-state index contributed by atoms with van der Waals surface area (Å²) in [7, 11) is 0. The highest BCUT2D eigenvalue weighted by atomic mass is 19.1. The number of nitrogens with zero attached hydrogens (tertiary/aromatic N) is 2. The lowest BCUT2D eigenvalue weighted by Gasteiger charge is -2.04. The molecule has 3 rings (SSSR count). The van der Waals surface area contributed by atoms with Crippen LogP contribution in [0.15, 0.2) is 89.1 Å². The Bertz CT molecular complexity index is 948. The zero-order chi connectivity index (χ0) is 18.4. The lowest BCUT2D eigenvalue weighted by molar-refractivity contribution is 0.106. The third kappa shape index (κ3) is 3.95. The van der Waals surface area contributed by atoms with E-state index in [9.17, 15) is 13.6 Å². The molecule has 3 aromatic carbocycles. The van der Waals surface area contributed by atoms with Gasteiger partial charge in [-0.1, -0.05) is 66.7 Å². The van der Waals surface area contributed by atoms with Gasteiger partial charge in [0.1, 0.15) is 17.3 Å². The van der Waals surface area contributed by atoms with Crippen molar-refractivity contribution in [2.24, 2.45) is 10.2 Å². The molecule has 5 heteroatoms. The van der Waals surface area contributed by atoms with Crippen LogP contribution in [0.4, 0.5) is 8.78 Å². The number of Topliss-reactive ketones (excluding diaryl/α,β-unsaturated/α-hetero) is 1. The van der Waals surface area contributed by atoms with Crippen molar-refractivity contribution >= 4 is 17.7 Å². The average molecular weight is 348 g/mol. The first-order chi connectivity index (χ1) is 12.7. The molecule has 26 heavy (non-hydrogen) atoms. The summed E-state index contributed by atoms with van der Waals surface area (Å²) < 4.78 is 27.3. The number of benzene rings is 3. The summed E-state index contributed by atoms with van der Waals surface area (Å²) in [6.45, 7) is 0. The quantitative estimate of drug-likeness (QED) is 0.375. The van der Waals surface area contributed by atoms with E-state index in [4.69, 9.17) is 0 Å². The van der Waals surface area contributed by atoms with Crippen molar-refractivity contribution < 1.29 is 13.6 Å². The van der Waals surface area contributed by atoms with Gasteiger partial charge in [0.2, 0.25) is 5.78 Å². The molecule has 0 unspecified atom stereocenters. The number of carbonyl (C=O) groups excluding carboxylic acids is 1. The summed E-state index contributed by atoms with van der Waals surface area (Å²) in [4.78, 5) is 12.8. The predicted molar refractivity (Wildman–Crippen MR) is 97.7 cm³/mol. The maximum Gasteiger partial charge on any atom is 0.213 e. The van der Waals surface area contributed by atoms with Crippen LogP contribution in [0.3, 0.4) is 0 Å². The minimum atomic E-state index is -0.750. The van der Waals surface area contributed by atoms with Crippen LogP contribution >= 0.6 is 0 Å². The van der Waals surface area contributed by atoms with Crippen molar-refractivity contribution in [1.82, 2.24) is 0 Å². The standard InChI is InChI=1S/C21H14F2N2O/c22-18-12-7-13-19(23)17(18)14-24-25-20(15-8-3-1-4-9-15)21(26)16-10-5-2-6-11-16/h1-14H/b24-14+,25-20+. The summed E-state index contributed by atoms with van der Waals surface area (Å²) in [5, 5.41) is 7.70. The molecular weight excluding hydrogens is 334 g/mol. The van der Waals surface area contributed by atoms with Crippen LogP contribution in [0, 0.1) is 11.6 Å². The zero-order valence-corrected chi connectivity index (χ0v) is 13.6. The molecule has 0 atom stereocenters. The van der Waals surface area contributed by atoms with Crippen LogP contribution in [0.25, 0.3) is 0 Å². The smallest absolute Gasteiger partial charge is 0.213 e. The van der Waals surface area contributed by atoms with Gasteiger partial charge in [-0.3, -0.25) is 4.79 Å². The van der Waals surface area contributed by atoms with Gasteiger partial charge in [-0.05, 0) is 12.1 Å². The van der Waals surface area contributed by atoms with E-state index >= 15 is 0 Å². The first kappa shape index (κ1) is 17.4. The second-order valence-corrected chi connectivity index (χ2v) is 5.39. The summed E-state index contributed by atoms with van der Waals surface area (Å²) in [6.07, 6.45) is 0.964. The second-order valence-electron chi connectivity index (χ2n) is 5.39. The molecule has 0 bridgehead atoms. The van der Waals surface area contributed by atoms with Crippen LogP contribution < -0.4 is 0 Å². The van der Waals surface area contributed by atoms with Gasteiger partial charge < -0.3 is 0 Å². The first-order valence-corrected chi connectivity index (χ1v) is 7.87. The summed E-state index contributed by atoms with van der Waals surface area (Å²) in [5.41, 5.74) is 0.788. The van der Waals surface area contributed by atoms with Crippen molar-refractivity contribution in [1.29, 1.82) is 0 Å². The van der Waals surface area contributed by atoms with Gasteiger partial charge in [0.15, 0.2) is 0 Å². The number of hydrogen-bond acceptors (Lipinski definition) is 3. The van der Waals surface area contributed by atoms with Crippen molar-refractivity contribution in [3.8, 4) is 0 Å². The highest BCUT2D eigenvalue weighted by molar-refractivity contribution is 6.51. The molecule has 0 radical (unpaired) electrons. The Balaban J connectivity index is 2.00. The highest BCUT2D eigenvalue weighted by Crippen LogP contribution is 2.11. The van der Waals surface area contributed by atoms with Crippen LogP contribution in [-0.2, 0) is 0 Å². The number of hydrogen-bond donors (Lipinski definition) is 0. The Morgan fingerprint density at radius 1 is 0.731 bits per heavy atom. The average Bonchev–Trinajstić information content (AvgIpc) is 2.68. The molecule has 0 aliphatic heterocycles. The molecule has 128 valence electrons. The third-order valence-corrected chi connectivity index (χ3v) is 3.64. The fourth-order valence-electron chi connectivity index (χ4n) is 2.33. The van der Waals surface area contributed by atoms with E-state index < -0.39 is 11.6 Å². The Kier molecular flexibility index (Phi) is 5.39. The Morgan fingerprint density at radius 2 is 1.27 bits per heavy atom. The van der Waals surface area contributed by atoms with Crippen LogP contribution in [0.5, 0.6) is 0 Å². The van der Waals surface area contributed by atoms with Gasteiger partial charge >= 0.3 is 0 Å². The molecule has 0 spiro atoms. The molecule has 0 aliphatic carbocycles. The molecule has 0 saturated carbocycles. The maximum absolute atomic E-state index is 13.7. The lowest BCUT2D eigenvalue weighted by Crippen LogP contribution is -2.15. The molecule has 0 saturated heterocycles. The van der Waals surface area contributed by atoms with Gasteiger partial charge in [-0.15, -0.1) is 5.10 Å². The number of rotatable bonds is 5. The monoisotopic (exact) mass is 348 g/mol. The number of carbonyl (C=O) groups is 1. The second kappa shape index (κ2) is 8.07. The van der Waals surface area contributed by atoms with Crippen LogP contribution in [0.1, 0.15) is 21.5 Å². The third-order valence-electron chi connectivity index (χ3n) is 3.64. The van der Waals surface area contributed by atoms with E-state index in [1.165, 1.54) is 6.07 Å². The fourth-order valence-corrected chi connectivity index (χ4v) is 2.33. The van der Waals surface area contributed by atoms with Crippen LogP contribution in [-0.4, -0.2) is 17.7 Å². The van der Waals surface area contributed by atoms with Crippen molar-refractivity contribution in [2.45, 2.75) is 0 Å². The van der Waals surface area contributed by atoms with Gasteiger partial charge in [0.05, 0.1) is 11.8 Å². The summed E-state index contributed by atoms with van der Waals surface area (Å²) >= 11 is 0. The normalized spacial score (nSPS) is 11.7. The van der Waals surface area contributed by atoms with E-state index in [-0.39, 0.29) is 17.1 Å². The van der Waals surface area contributed by atoms with E-state index in [2.05, 4.69) is 10.2 Å². The molecule has 0 fully saturated rings. The Labute approximate surface area is 149 Å². The van der Waals surface area contributed by atoms with Crippen LogP contribution in [0.2, 0.25) is 0 Å². The summed E-state index contributed by atoms with van der Waals surface area (Å²) in [6, 6.07) is 20.9. The summed E-state index contributed by atoms with van der Waals surface area (Å²) in [5.74, 6) is -1.83. The zero-order valence-electron chi connectivity index (χ0n) is 13.6. The topological polar surface area (TPSA) is 41.8 Å². The SMILES string of the molecule is O=C(/C(=N/N=C/c1c(F)cccc1F)c1ccccc1)c1ccccc1. The van der Waals surface area contributed by atoms with E-state index in [0.717, 1.165) is 18.3 Å². The molecule has 0 aromatic heterocycles. The number of ketones is 1. The van der Waals surface area contributed by atoms with E-state index in [1.807, 2.05) is 6.07 Å². The maximum atomic E-state index is 13.7. The predicted octanol–water partition coefficient (Wildman–Crippen LogP) is 4.67. The minimum absolute atomic E-state index is 0.0878. The Morgan fingerprint density at radius 3 is 1.85 bits per heavy atom. The molecule has 3 nitrogen and oxygen atoms in total. The van der Waals surface area contributed by atoms with E-state index in [1.54, 1.807) is 54.6 Å². The largest absolute Gasteiger partial charge is 0.287 e. The minimum Gasteiger partial charge on any atom is -0.287 e. The molecule has 0 heterocycles. The molecule has 0 N–H and O–H groups in total.